The number of nitrogens with zero attached hydrogens (tertiary/aromatic N) is 1. The van der Waals surface area contributed by atoms with Crippen molar-refractivity contribution in [3.63, 3.8) is 0 Å². The largest absolute Gasteiger partial charge is 0.378 e. The predicted octanol–water partition coefficient (Wildman–Crippen LogP) is 4.57. The maximum atomic E-state index is 3.70. The Labute approximate surface area is 123 Å². The van der Waals surface area contributed by atoms with Gasteiger partial charge in [-0.3, -0.25) is 0 Å². The van der Waals surface area contributed by atoms with E-state index >= 15 is 0 Å². The molecule has 0 aromatic heterocycles. The molecule has 0 aliphatic carbocycles. The van der Waals surface area contributed by atoms with E-state index in [0.717, 1.165) is 17.6 Å². The molecule has 0 aliphatic rings. The lowest BCUT2D eigenvalue weighted by Crippen LogP contribution is -2.07. The summed E-state index contributed by atoms with van der Waals surface area (Å²) in [5.74, 6) is 6.47. The van der Waals surface area contributed by atoms with Gasteiger partial charge in [0.25, 0.3) is 0 Å². The summed E-state index contributed by atoms with van der Waals surface area (Å²) in [7, 11) is 4.07. The first-order valence-electron chi connectivity index (χ1n) is 6.86. The molecule has 1 aromatic carbocycles. The first-order valence-corrected chi connectivity index (χ1v) is 6.86. The van der Waals surface area contributed by atoms with Gasteiger partial charge in [0, 0.05) is 30.9 Å². The zero-order chi connectivity index (χ0) is 15.0. The Kier molecular flexibility index (Phi) is 6.40. The fourth-order valence-corrected chi connectivity index (χ4v) is 1.73. The summed E-state index contributed by atoms with van der Waals surface area (Å²) in [5.41, 5.74) is 4.54. The Morgan fingerprint density at radius 2 is 1.90 bits per heavy atom. The van der Waals surface area contributed by atoms with Crippen LogP contribution in [0.3, 0.4) is 0 Å². The van der Waals surface area contributed by atoms with E-state index in [4.69, 9.17) is 0 Å². The first-order chi connectivity index (χ1) is 9.56. The zero-order valence-corrected chi connectivity index (χ0v) is 12.9. The minimum Gasteiger partial charge on any atom is -0.378 e. The Morgan fingerprint density at radius 1 is 1.25 bits per heavy atom. The molecule has 1 aromatic rings. The maximum Gasteiger partial charge on any atom is 0.0361 e. The highest BCUT2D eigenvalue weighted by Gasteiger charge is 1.94. The van der Waals surface area contributed by atoms with Crippen molar-refractivity contribution in [2.45, 2.75) is 20.3 Å². The number of anilines is 1. The van der Waals surface area contributed by atoms with E-state index in [2.05, 4.69) is 67.5 Å². The number of hydrogen-bond acceptors (Lipinski definition) is 1. The molecule has 0 heterocycles. The second kappa shape index (κ2) is 8.07. The molecular weight excluding hydrogens is 242 g/mol. The van der Waals surface area contributed by atoms with Gasteiger partial charge in [-0.05, 0) is 43.7 Å². The van der Waals surface area contributed by atoms with Gasteiger partial charge in [0.15, 0.2) is 0 Å². The minimum absolute atomic E-state index is 0.936. The average Bonchev–Trinajstić information content (AvgIpc) is 2.44. The fourth-order valence-electron chi connectivity index (χ4n) is 1.73. The summed E-state index contributed by atoms with van der Waals surface area (Å²) in [5, 5.41) is 0. The predicted molar refractivity (Wildman–Crippen MR) is 90.0 cm³/mol. The van der Waals surface area contributed by atoms with Crippen molar-refractivity contribution in [1.29, 1.82) is 0 Å². The molecule has 0 unspecified atom stereocenters. The van der Waals surface area contributed by atoms with Gasteiger partial charge < -0.3 is 4.90 Å². The second-order valence-electron chi connectivity index (χ2n) is 4.86. The van der Waals surface area contributed by atoms with E-state index < -0.39 is 0 Å². The molecule has 0 bridgehead atoms. The van der Waals surface area contributed by atoms with Crippen molar-refractivity contribution >= 4 is 5.69 Å². The van der Waals surface area contributed by atoms with Gasteiger partial charge in [0.1, 0.15) is 0 Å². The maximum absolute atomic E-state index is 3.70. The molecule has 1 rings (SSSR count). The van der Waals surface area contributed by atoms with Gasteiger partial charge in [-0.1, -0.05) is 43.1 Å². The van der Waals surface area contributed by atoms with Crippen LogP contribution in [0.15, 0.2) is 60.2 Å². The van der Waals surface area contributed by atoms with Gasteiger partial charge in [-0.2, -0.15) is 0 Å². The van der Waals surface area contributed by atoms with Gasteiger partial charge in [-0.25, -0.2) is 0 Å². The molecule has 0 aliphatic heterocycles. The smallest absolute Gasteiger partial charge is 0.0361 e. The Morgan fingerprint density at radius 3 is 2.40 bits per heavy atom. The van der Waals surface area contributed by atoms with E-state index in [1.807, 2.05) is 20.2 Å². The number of rotatable bonds is 4. The van der Waals surface area contributed by atoms with Crippen molar-refractivity contribution in [3.8, 4) is 11.8 Å². The molecule has 0 atom stereocenters. The van der Waals surface area contributed by atoms with Crippen LogP contribution in [0.4, 0.5) is 5.69 Å². The second-order valence-corrected chi connectivity index (χ2v) is 4.86. The van der Waals surface area contributed by atoms with Crippen molar-refractivity contribution in [1.82, 2.24) is 0 Å². The molecule has 1 nitrogen and oxygen atoms in total. The standard InChI is InChI=1S/C19H23N/c1-6-8-16(3)15-17(7-2)9-10-18-11-13-19(14-12-18)20(4)5/h6,8,11-15H,1,7H2,2-5H3/b16-8+,17-15+. The molecule has 20 heavy (non-hydrogen) atoms. The van der Waals surface area contributed by atoms with Crippen LogP contribution in [0.2, 0.25) is 0 Å². The van der Waals surface area contributed by atoms with Crippen molar-refractivity contribution in [2.24, 2.45) is 0 Å². The van der Waals surface area contributed by atoms with Crippen LogP contribution in [0.5, 0.6) is 0 Å². The highest BCUT2D eigenvalue weighted by Crippen LogP contribution is 2.12. The van der Waals surface area contributed by atoms with E-state index in [1.165, 1.54) is 11.3 Å². The molecule has 0 saturated heterocycles. The van der Waals surface area contributed by atoms with E-state index in [-0.39, 0.29) is 0 Å². The van der Waals surface area contributed by atoms with Crippen molar-refractivity contribution < 1.29 is 0 Å². The average molecular weight is 265 g/mol. The normalized spacial score (nSPS) is 11.6. The van der Waals surface area contributed by atoms with E-state index in [9.17, 15) is 0 Å². The summed E-state index contributed by atoms with van der Waals surface area (Å²) in [6.07, 6.45) is 6.84. The van der Waals surface area contributed by atoms with Gasteiger partial charge in [0.2, 0.25) is 0 Å². The van der Waals surface area contributed by atoms with E-state index in [0.29, 0.717) is 0 Å². The Hall–Kier alpha value is -2.20. The van der Waals surface area contributed by atoms with E-state index in [1.54, 1.807) is 6.08 Å². The van der Waals surface area contributed by atoms with Gasteiger partial charge >= 0.3 is 0 Å². The van der Waals surface area contributed by atoms with Crippen LogP contribution in [-0.2, 0) is 0 Å². The summed E-state index contributed by atoms with van der Waals surface area (Å²) < 4.78 is 0. The lowest BCUT2D eigenvalue weighted by atomic mass is 10.1. The molecule has 104 valence electrons. The monoisotopic (exact) mass is 265 g/mol. The van der Waals surface area contributed by atoms with Crippen LogP contribution in [-0.4, -0.2) is 14.1 Å². The van der Waals surface area contributed by atoms with Gasteiger partial charge in [-0.15, -0.1) is 0 Å². The topological polar surface area (TPSA) is 3.24 Å². The molecule has 0 fully saturated rings. The molecule has 0 saturated carbocycles. The Bertz CT molecular complexity index is 560. The molecule has 0 amide bonds. The quantitative estimate of drug-likeness (QED) is 0.569. The number of allylic oxidation sites excluding steroid dienone is 5. The highest BCUT2D eigenvalue weighted by atomic mass is 15.1. The number of benzene rings is 1. The third-order valence-electron chi connectivity index (χ3n) is 2.91. The third kappa shape index (κ3) is 5.20. The van der Waals surface area contributed by atoms with Crippen LogP contribution in [0.25, 0.3) is 0 Å². The molecular formula is C19H23N. The van der Waals surface area contributed by atoms with Crippen molar-refractivity contribution in [2.75, 3.05) is 19.0 Å². The lowest BCUT2D eigenvalue weighted by molar-refractivity contribution is 1.13. The first kappa shape index (κ1) is 15.9. The third-order valence-corrected chi connectivity index (χ3v) is 2.91. The zero-order valence-electron chi connectivity index (χ0n) is 12.9. The molecule has 0 radical (unpaired) electrons. The SMILES string of the molecule is C=C/C=C(C)/C=C(/C#Cc1ccc(N(C)C)cc1)CC. The summed E-state index contributed by atoms with van der Waals surface area (Å²) >= 11 is 0. The highest BCUT2D eigenvalue weighted by molar-refractivity contribution is 5.50. The minimum atomic E-state index is 0.936. The van der Waals surface area contributed by atoms with Gasteiger partial charge in [0.05, 0.1) is 0 Å². The van der Waals surface area contributed by atoms with Crippen LogP contribution < -0.4 is 4.90 Å². The van der Waals surface area contributed by atoms with Crippen LogP contribution in [0.1, 0.15) is 25.8 Å². The summed E-state index contributed by atoms with van der Waals surface area (Å²) in [6.45, 7) is 7.89. The van der Waals surface area contributed by atoms with Crippen molar-refractivity contribution in [3.05, 3.63) is 65.8 Å². The molecule has 0 N–H and O–H groups in total. The number of hydrogen-bond donors (Lipinski definition) is 0. The molecule has 1 heteroatoms. The summed E-state index contributed by atoms with van der Waals surface area (Å²) in [6, 6.07) is 8.29. The van der Waals surface area contributed by atoms with Crippen LogP contribution in [0, 0.1) is 11.8 Å². The van der Waals surface area contributed by atoms with Crippen LogP contribution >= 0.6 is 0 Å². The fraction of sp³-hybridized carbons (Fsp3) is 0.263. The summed E-state index contributed by atoms with van der Waals surface area (Å²) in [4.78, 5) is 2.08. The molecule has 0 spiro atoms. The lowest BCUT2D eigenvalue weighted by Gasteiger charge is -2.11. The Balaban J connectivity index is 2.91.